The van der Waals surface area contributed by atoms with Gasteiger partial charge in [-0.1, -0.05) is 12.1 Å². The van der Waals surface area contributed by atoms with Gasteiger partial charge in [-0.15, -0.1) is 0 Å². The van der Waals surface area contributed by atoms with Crippen LogP contribution in [-0.2, 0) is 19.6 Å². The Hall–Kier alpha value is -2.42. The topological polar surface area (TPSA) is 93.7 Å². The zero-order valence-corrected chi connectivity index (χ0v) is 17.4. The fourth-order valence-electron chi connectivity index (χ4n) is 3.01. The highest BCUT2D eigenvalue weighted by molar-refractivity contribution is 7.89. The second-order valence-electron chi connectivity index (χ2n) is 7.12. The quantitative estimate of drug-likeness (QED) is 0.688. The fraction of sp³-hybridized carbons (Fsp3) is 0.381. The molecule has 8 heteroatoms. The molecule has 1 amide bonds. The van der Waals surface area contributed by atoms with Gasteiger partial charge >= 0.3 is 0 Å². The molecular formula is C21H26N2O5S. The number of ether oxygens (including phenoxy) is 2. The number of nitrogens with one attached hydrogen (secondary N) is 2. The summed E-state index contributed by atoms with van der Waals surface area (Å²) >= 11 is 0. The van der Waals surface area contributed by atoms with E-state index in [9.17, 15) is 13.2 Å². The first-order valence-electron chi connectivity index (χ1n) is 9.55. The van der Waals surface area contributed by atoms with Gasteiger partial charge in [0.15, 0.2) is 6.61 Å². The van der Waals surface area contributed by atoms with Gasteiger partial charge in [0, 0.05) is 18.8 Å². The van der Waals surface area contributed by atoms with E-state index in [0.29, 0.717) is 18.0 Å². The maximum atomic E-state index is 12.4. The number of rotatable bonds is 8. The van der Waals surface area contributed by atoms with Crippen molar-refractivity contribution in [3.8, 4) is 5.75 Å². The summed E-state index contributed by atoms with van der Waals surface area (Å²) in [7, 11) is -3.62. The Kier molecular flexibility index (Phi) is 6.89. The Morgan fingerprint density at radius 1 is 1.17 bits per heavy atom. The molecular weight excluding hydrogens is 392 g/mol. The lowest BCUT2D eigenvalue weighted by molar-refractivity contribution is -0.118. The van der Waals surface area contributed by atoms with Gasteiger partial charge in [-0.05, 0) is 68.1 Å². The van der Waals surface area contributed by atoms with Crippen molar-refractivity contribution in [3.63, 3.8) is 0 Å². The van der Waals surface area contributed by atoms with Crippen LogP contribution in [0.15, 0.2) is 47.4 Å². The van der Waals surface area contributed by atoms with Gasteiger partial charge in [-0.3, -0.25) is 4.79 Å². The van der Waals surface area contributed by atoms with Crippen LogP contribution in [-0.4, -0.2) is 40.2 Å². The van der Waals surface area contributed by atoms with Crippen molar-refractivity contribution in [2.24, 2.45) is 0 Å². The van der Waals surface area contributed by atoms with Gasteiger partial charge in [0.2, 0.25) is 10.0 Å². The van der Waals surface area contributed by atoms with E-state index < -0.39 is 10.0 Å². The van der Waals surface area contributed by atoms with Crippen LogP contribution in [0, 0.1) is 13.8 Å². The molecule has 0 aliphatic carbocycles. The Labute approximate surface area is 171 Å². The Bertz CT molecular complexity index is 952. The summed E-state index contributed by atoms with van der Waals surface area (Å²) in [6, 6.07) is 11.8. The molecule has 7 nitrogen and oxygen atoms in total. The van der Waals surface area contributed by atoms with Crippen LogP contribution in [0.4, 0.5) is 5.69 Å². The van der Waals surface area contributed by atoms with Gasteiger partial charge in [0.05, 0.1) is 11.0 Å². The Morgan fingerprint density at radius 2 is 1.93 bits per heavy atom. The van der Waals surface area contributed by atoms with E-state index in [1.807, 2.05) is 32.0 Å². The number of sulfonamides is 1. The number of aryl methyl sites for hydroxylation is 2. The first kappa shape index (κ1) is 21.3. The standard InChI is InChI=1S/C21H26N2O5S/c1-15-5-6-16(2)20(12-15)28-14-21(24)23-17-7-9-19(10-8-17)29(25,26)22-13-18-4-3-11-27-18/h5-10,12,18,22H,3-4,11,13-14H2,1-2H3,(H,23,24). The molecule has 1 unspecified atom stereocenters. The molecule has 0 spiro atoms. The minimum atomic E-state index is -3.62. The largest absolute Gasteiger partial charge is 0.483 e. The van der Waals surface area contributed by atoms with Crippen molar-refractivity contribution in [2.75, 3.05) is 25.1 Å². The molecule has 0 bridgehead atoms. The number of anilines is 1. The second kappa shape index (κ2) is 9.39. The molecule has 29 heavy (non-hydrogen) atoms. The first-order chi connectivity index (χ1) is 13.8. The van der Waals surface area contributed by atoms with Crippen molar-refractivity contribution < 1.29 is 22.7 Å². The average Bonchev–Trinajstić information content (AvgIpc) is 3.21. The fourth-order valence-corrected chi connectivity index (χ4v) is 4.08. The molecule has 1 atom stereocenters. The van der Waals surface area contributed by atoms with Crippen LogP contribution in [0.25, 0.3) is 0 Å². The lowest BCUT2D eigenvalue weighted by atomic mass is 10.1. The van der Waals surface area contributed by atoms with Gasteiger partial charge in [0.1, 0.15) is 5.75 Å². The third-order valence-corrected chi connectivity index (χ3v) is 6.12. The monoisotopic (exact) mass is 418 g/mol. The summed E-state index contributed by atoms with van der Waals surface area (Å²) < 4.78 is 38.3. The lowest BCUT2D eigenvalue weighted by Gasteiger charge is -2.12. The Balaban J connectivity index is 1.52. The molecule has 1 aliphatic heterocycles. The smallest absolute Gasteiger partial charge is 0.262 e. The highest BCUT2D eigenvalue weighted by atomic mass is 32.2. The van der Waals surface area contributed by atoms with Crippen molar-refractivity contribution in [2.45, 2.75) is 37.7 Å². The van der Waals surface area contributed by atoms with Crippen LogP contribution in [0.5, 0.6) is 5.75 Å². The molecule has 156 valence electrons. The van der Waals surface area contributed by atoms with Crippen LogP contribution in [0.1, 0.15) is 24.0 Å². The SMILES string of the molecule is Cc1ccc(C)c(OCC(=O)Nc2ccc(S(=O)(=O)NCC3CCCO3)cc2)c1. The predicted molar refractivity (Wildman–Crippen MR) is 111 cm³/mol. The maximum Gasteiger partial charge on any atom is 0.262 e. The lowest BCUT2D eigenvalue weighted by Crippen LogP contribution is -2.31. The van der Waals surface area contributed by atoms with Gasteiger partial charge in [-0.25, -0.2) is 13.1 Å². The minimum Gasteiger partial charge on any atom is -0.483 e. The highest BCUT2D eigenvalue weighted by Gasteiger charge is 2.20. The van der Waals surface area contributed by atoms with E-state index in [1.54, 1.807) is 12.1 Å². The molecule has 1 aliphatic rings. The molecule has 1 fully saturated rings. The molecule has 0 saturated carbocycles. The van der Waals surface area contributed by atoms with Crippen molar-refractivity contribution in [1.82, 2.24) is 4.72 Å². The first-order valence-corrected chi connectivity index (χ1v) is 11.0. The molecule has 1 heterocycles. The van der Waals surface area contributed by atoms with E-state index in [4.69, 9.17) is 9.47 Å². The summed E-state index contributed by atoms with van der Waals surface area (Å²) in [6.07, 6.45) is 1.74. The third-order valence-electron chi connectivity index (χ3n) is 4.68. The number of carbonyl (C=O) groups is 1. The third kappa shape index (κ3) is 6.03. The summed E-state index contributed by atoms with van der Waals surface area (Å²) in [6.45, 7) is 4.67. The van der Waals surface area contributed by atoms with E-state index in [-0.39, 0.29) is 30.1 Å². The number of hydrogen-bond acceptors (Lipinski definition) is 5. The van der Waals surface area contributed by atoms with Crippen molar-refractivity contribution in [3.05, 3.63) is 53.6 Å². The van der Waals surface area contributed by atoms with E-state index in [2.05, 4.69) is 10.0 Å². The zero-order valence-electron chi connectivity index (χ0n) is 16.6. The second-order valence-corrected chi connectivity index (χ2v) is 8.88. The molecule has 3 rings (SSSR count). The van der Waals surface area contributed by atoms with Gasteiger partial charge in [0.25, 0.3) is 5.91 Å². The predicted octanol–water partition coefficient (Wildman–Crippen LogP) is 2.78. The van der Waals surface area contributed by atoms with Crippen LogP contribution in [0.3, 0.4) is 0 Å². The van der Waals surface area contributed by atoms with Crippen LogP contribution < -0.4 is 14.8 Å². The number of hydrogen-bond donors (Lipinski definition) is 2. The van der Waals surface area contributed by atoms with Crippen molar-refractivity contribution >= 4 is 21.6 Å². The zero-order chi connectivity index (χ0) is 20.9. The minimum absolute atomic E-state index is 0.0691. The number of carbonyl (C=O) groups excluding carboxylic acids is 1. The summed E-state index contributed by atoms with van der Waals surface area (Å²) in [5.41, 5.74) is 2.50. The van der Waals surface area contributed by atoms with E-state index in [1.165, 1.54) is 12.1 Å². The summed E-state index contributed by atoms with van der Waals surface area (Å²) in [4.78, 5) is 12.3. The average molecular weight is 419 g/mol. The summed E-state index contributed by atoms with van der Waals surface area (Å²) in [5.74, 6) is 0.344. The molecule has 2 N–H and O–H groups in total. The summed E-state index contributed by atoms with van der Waals surface area (Å²) in [5, 5.41) is 2.70. The number of benzene rings is 2. The van der Waals surface area contributed by atoms with Gasteiger partial charge in [-0.2, -0.15) is 0 Å². The van der Waals surface area contributed by atoms with E-state index >= 15 is 0 Å². The number of amides is 1. The highest BCUT2D eigenvalue weighted by Crippen LogP contribution is 2.19. The molecule has 2 aromatic carbocycles. The molecule has 0 aromatic heterocycles. The normalized spacial score (nSPS) is 16.6. The Morgan fingerprint density at radius 3 is 2.62 bits per heavy atom. The molecule has 2 aromatic rings. The van der Waals surface area contributed by atoms with Crippen molar-refractivity contribution in [1.29, 1.82) is 0 Å². The van der Waals surface area contributed by atoms with Crippen LogP contribution >= 0.6 is 0 Å². The van der Waals surface area contributed by atoms with Gasteiger partial charge < -0.3 is 14.8 Å². The molecule has 0 radical (unpaired) electrons. The maximum absolute atomic E-state index is 12.4. The van der Waals surface area contributed by atoms with E-state index in [0.717, 1.165) is 24.0 Å². The molecule has 1 saturated heterocycles. The van der Waals surface area contributed by atoms with Crippen LogP contribution in [0.2, 0.25) is 0 Å².